The van der Waals surface area contributed by atoms with E-state index < -0.39 is 28.0 Å². The van der Waals surface area contributed by atoms with Crippen LogP contribution in [-0.2, 0) is 27.6 Å². The fraction of sp³-hybridized carbons (Fsp3) is 0.250. The van der Waals surface area contributed by atoms with Crippen molar-refractivity contribution in [2.24, 2.45) is 0 Å². The Labute approximate surface area is 134 Å². The van der Waals surface area contributed by atoms with Crippen molar-refractivity contribution in [1.29, 1.82) is 0 Å². The van der Waals surface area contributed by atoms with Gasteiger partial charge in [-0.2, -0.15) is 0 Å². The van der Waals surface area contributed by atoms with Crippen LogP contribution in [0, 0.1) is 0 Å². The molecule has 23 heavy (non-hydrogen) atoms. The van der Waals surface area contributed by atoms with Crippen molar-refractivity contribution >= 4 is 22.6 Å². The van der Waals surface area contributed by atoms with Crippen molar-refractivity contribution in [2.45, 2.75) is 23.3 Å². The minimum absolute atomic E-state index is 0.0100. The second-order valence-corrected chi connectivity index (χ2v) is 6.82. The predicted molar refractivity (Wildman–Crippen MR) is 82.9 cm³/mol. The molecular formula is C16H15NO5S. The summed E-state index contributed by atoms with van der Waals surface area (Å²) >= 11 is 0. The molecule has 1 N–H and O–H groups in total. The van der Waals surface area contributed by atoms with Crippen molar-refractivity contribution in [3.8, 4) is 0 Å². The van der Waals surface area contributed by atoms with E-state index in [2.05, 4.69) is 6.58 Å². The van der Waals surface area contributed by atoms with Gasteiger partial charge in [0.15, 0.2) is 11.2 Å². The van der Waals surface area contributed by atoms with Gasteiger partial charge in [-0.15, -0.1) is 6.58 Å². The van der Waals surface area contributed by atoms with Crippen molar-refractivity contribution in [1.82, 2.24) is 4.57 Å². The van der Waals surface area contributed by atoms with Crippen molar-refractivity contribution < 1.29 is 23.3 Å². The lowest BCUT2D eigenvalue weighted by atomic mass is 9.78. The average molecular weight is 333 g/mol. The summed E-state index contributed by atoms with van der Waals surface area (Å²) in [5.74, 6) is -1.53. The first-order valence-corrected chi connectivity index (χ1v) is 8.34. The highest BCUT2D eigenvalue weighted by molar-refractivity contribution is 7.85. The molecule has 6 nitrogen and oxygen atoms in total. The molecule has 2 aromatic rings. The third kappa shape index (κ3) is 2.28. The van der Waals surface area contributed by atoms with Crippen LogP contribution in [0.5, 0.6) is 0 Å². The van der Waals surface area contributed by atoms with E-state index in [1.807, 2.05) is 0 Å². The van der Waals surface area contributed by atoms with E-state index in [1.165, 1.54) is 18.4 Å². The Morgan fingerprint density at radius 3 is 2.91 bits per heavy atom. The number of furan rings is 1. The normalized spacial score (nSPS) is 20.9. The van der Waals surface area contributed by atoms with Crippen LogP contribution in [0.2, 0.25) is 0 Å². The maximum absolute atomic E-state index is 12.8. The Balaban J connectivity index is 2.09. The molecule has 0 radical (unpaired) electrons. The first-order valence-electron chi connectivity index (χ1n) is 7.02. The summed E-state index contributed by atoms with van der Waals surface area (Å²) in [5, 5.41) is 9.76. The fourth-order valence-electron chi connectivity index (χ4n) is 2.94. The van der Waals surface area contributed by atoms with Crippen LogP contribution in [-0.4, -0.2) is 31.4 Å². The van der Waals surface area contributed by atoms with Crippen LogP contribution in [0.1, 0.15) is 22.7 Å². The van der Waals surface area contributed by atoms with Gasteiger partial charge >= 0.3 is 5.97 Å². The van der Waals surface area contributed by atoms with Gasteiger partial charge in [-0.3, -0.25) is 13.8 Å². The lowest BCUT2D eigenvalue weighted by molar-refractivity contribution is -0.141. The van der Waals surface area contributed by atoms with E-state index in [4.69, 9.17) is 4.42 Å². The Kier molecular flexibility index (Phi) is 3.81. The number of carbonyl (C=O) groups excluding carboxylic acids is 1. The summed E-state index contributed by atoms with van der Waals surface area (Å²) in [6.45, 7) is 3.92. The van der Waals surface area contributed by atoms with Crippen LogP contribution >= 0.6 is 0 Å². The zero-order chi connectivity index (χ0) is 16.6. The summed E-state index contributed by atoms with van der Waals surface area (Å²) < 4.78 is 18.9. The summed E-state index contributed by atoms with van der Waals surface area (Å²) in [5.41, 5.74) is -1.35. The highest BCUT2D eigenvalue weighted by Crippen LogP contribution is 2.40. The van der Waals surface area contributed by atoms with Gasteiger partial charge in [0.05, 0.1) is 22.0 Å². The van der Waals surface area contributed by atoms with Crippen LogP contribution in [0.3, 0.4) is 0 Å². The number of rotatable bonds is 6. The maximum atomic E-state index is 12.8. The van der Waals surface area contributed by atoms with Crippen LogP contribution in [0.4, 0.5) is 0 Å². The largest absolute Gasteiger partial charge is 0.480 e. The summed E-state index contributed by atoms with van der Waals surface area (Å²) in [6.07, 6.45) is 4.67. The quantitative estimate of drug-likeness (QED) is 0.496. The third-order valence-corrected chi connectivity index (χ3v) is 5.35. The second-order valence-electron chi connectivity index (χ2n) is 5.32. The first kappa shape index (κ1) is 15.5. The van der Waals surface area contributed by atoms with Gasteiger partial charge in [-0.05, 0) is 24.6 Å². The van der Waals surface area contributed by atoms with Crippen LogP contribution in [0.25, 0.3) is 0 Å². The highest BCUT2D eigenvalue weighted by Gasteiger charge is 2.54. The number of carbonyl (C=O) groups is 2. The molecule has 2 aromatic heterocycles. The summed E-state index contributed by atoms with van der Waals surface area (Å²) in [6, 6.07) is 4.54. The number of carboxylic acid groups (broad SMARTS) is 1. The molecule has 0 fully saturated rings. The standard InChI is InChI=1S/C16H15NO5S/c1-2-8-23(21)11-9-13-16(15(19)20,5-6-17(13)10-11)14(18)12-4-3-7-22-12/h2-4,7,9-10H,1,5-6,8H2,(H,19,20). The third-order valence-electron chi connectivity index (χ3n) is 4.07. The Bertz CT molecular complexity index is 805. The van der Waals surface area contributed by atoms with Gasteiger partial charge in [0.1, 0.15) is 0 Å². The Morgan fingerprint density at radius 2 is 2.30 bits per heavy atom. The molecule has 2 atom stereocenters. The van der Waals surface area contributed by atoms with Gasteiger partial charge in [-0.1, -0.05) is 6.08 Å². The molecule has 0 aromatic carbocycles. The number of nitrogens with zero attached hydrogens (tertiary/aromatic N) is 1. The van der Waals surface area contributed by atoms with Gasteiger partial charge < -0.3 is 14.1 Å². The van der Waals surface area contributed by atoms with Crippen molar-refractivity contribution in [3.05, 3.63) is 54.8 Å². The molecule has 7 heteroatoms. The molecule has 3 heterocycles. The van der Waals surface area contributed by atoms with Gasteiger partial charge in [-0.25, -0.2) is 0 Å². The minimum atomic E-state index is -1.70. The monoisotopic (exact) mass is 333 g/mol. The minimum Gasteiger partial charge on any atom is -0.480 e. The second kappa shape index (κ2) is 5.66. The van der Waals surface area contributed by atoms with Gasteiger partial charge in [0.2, 0.25) is 5.78 Å². The molecule has 0 amide bonds. The lowest BCUT2D eigenvalue weighted by Crippen LogP contribution is -2.42. The number of hydrogen-bond acceptors (Lipinski definition) is 4. The molecule has 0 aliphatic carbocycles. The van der Waals surface area contributed by atoms with E-state index in [1.54, 1.807) is 22.9 Å². The summed E-state index contributed by atoms with van der Waals surface area (Å²) in [4.78, 5) is 25.2. The van der Waals surface area contributed by atoms with E-state index in [0.717, 1.165) is 0 Å². The van der Waals surface area contributed by atoms with Gasteiger partial charge in [0.25, 0.3) is 0 Å². The summed E-state index contributed by atoms with van der Waals surface area (Å²) in [7, 11) is -1.30. The molecule has 1 aliphatic rings. The Morgan fingerprint density at radius 1 is 1.52 bits per heavy atom. The zero-order valence-corrected chi connectivity index (χ0v) is 13.0. The number of aliphatic carboxylic acids is 1. The molecule has 1 aliphatic heterocycles. The van der Waals surface area contributed by atoms with E-state index in [0.29, 0.717) is 17.1 Å². The van der Waals surface area contributed by atoms with Gasteiger partial charge in [0, 0.05) is 24.2 Å². The number of aromatic nitrogens is 1. The van der Waals surface area contributed by atoms with Crippen molar-refractivity contribution in [2.75, 3.05) is 5.75 Å². The maximum Gasteiger partial charge on any atom is 0.323 e. The molecule has 0 saturated heterocycles. The average Bonchev–Trinajstić information content (AvgIpc) is 3.22. The molecule has 3 rings (SSSR count). The number of ketones is 1. The zero-order valence-electron chi connectivity index (χ0n) is 12.2. The molecule has 0 saturated carbocycles. The number of carboxylic acids is 1. The SMILES string of the molecule is C=CCS(=O)c1cc2n(c1)CCC2(C(=O)O)C(=O)c1ccco1. The number of fused-ring (bicyclic) bond motifs is 1. The molecule has 0 bridgehead atoms. The first-order chi connectivity index (χ1) is 11.0. The number of hydrogen-bond donors (Lipinski definition) is 1. The highest BCUT2D eigenvalue weighted by atomic mass is 32.2. The molecule has 120 valence electrons. The van der Waals surface area contributed by atoms with E-state index >= 15 is 0 Å². The van der Waals surface area contributed by atoms with Crippen LogP contribution < -0.4 is 0 Å². The molecular weight excluding hydrogens is 318 g/mol. The molecule has 0 spiro atoms. The lowest BCUT2D eigenvalue weighted by Gasteiger charge is -2.20. The Hall–Kier alpha value is -2.41. The smallest absolute Gasteiger partial charge is 0.323 e. The topological polar surface area (TPSA) is 89.5 Å². The number of aryl methyl sites for hydroxylation is 1. The fourth-order valence-corrected chi connectivity index (χ4v) is 3.83. The van der Waals surface area contributed by atoms with Crippen LogP contribution in [0.15, 0.2) is 52.6 Å². The number of Topliss-reactive ketones (excluding diaryl/α,β-unsaturated/α-hetero) is 1. The predicted octanol–water partition coefficient (Wildman–Crippen LogP) is 1.98. The van der Waals surface area contributed by atoms with E-state index in [9.17, 15) is 18.9 Å². The van der Waals surface area contributed by atoms with Crippen molar-refractivity contribution in [3.63, 3.8) is 0 Å². The molecule has 2 unspecified atom stereocenters. The van der Waals surface area contributed by atoms with E-state index in [-0.39, 0.29) is 17.9 Å².